The third-order valence-corrected chi connectivity index (χ3v) is 6.35. The molecule has 7 nitrogen and oxygen atoms in total. The van der Waals surface area contributed by atoms with Crippen molar-refractivity contribution < 1.29 is 4.79 Å². The van der Waals surface area contributed by atoms with Crippen molar-refractivity contribution in [1.29, 1.82) is 0 Å². The average Bonchev–Trinajstić information content (AvgIpc) is 3.44. The van der Waals surface area contributed by atoms with Crippen LogP contribution in [0, 0.1) is 0 Å². The Morgan fingerprint density at radius 2 is 2.03 bits per heavy atom. The van der Waals surface area contributed by atoms with Crippen LogP contribution in [0.2, 0.25) is 0 Å². The predicted molar refractivity (Wildman–Crippen MR) is 125 cm³/mol. The number of nitrogens with zero attached hydrogens (tertiary/aromatic N) is 3. The summed E-state index contributed by atoms with van der Waals surface area (Å²) in [6.45, 7) is 3.97. The van der Waals surface area contributed by atoms with E-state index in [4.69, 9.17) is 0 Å². The summed E-state index contributed by atoms with van der Waals surface area (Å²) >= 11 is 3.15. The molecule has 9 heteroatoms. The van der Waals surface area contributed by atoms with E-state index in [1.165, 1.54) is 10.7 Å². The summed E-state index contributed by atoms with van der Waals surface area (Å²) in [6.07, 6.45) is 0.610. The number of H-pyrrole nitrogens is 1. The lowest BCUT2D eigenvalue weighted by Gasteiger charge is -2.11. The molecular weight excluding hydrogens is 430 g/mol. The number of hydrogen-bond acceptors (Lipinski definition) is 6. The van der Waals surface area contributed by atoms with Crippen LogP contribution in [0.5, 0.6) is 0 Å². The quantitative estimate of drug-likeness (QED) is 0.400. The molecule has 0 bridgehead atoms. The Balaban J connectivity index is 1.77. The highest BCUT2D eigenvalue weighted by Crippen LogP contribution is 2.28. The molecule has 0 atom stereocenters. The fourth-order valence-corrected chi connectivity index (χ4v) is 4.55. The Kier molecular flexibility index (Phi) is 6.34. The van der Waals surface area contributed by atoms with Crippen LogP contribution in [0.1, 0.15) is 29.9 Å². The summed E-state index contributed by atoms with van der Waals surface area (Å²) in [5, 5.41) is 9.53. The molecule has 0 aliphatic carbocycles. The van der Waals surface area contributed by atoms with Gasteiger partial charge in [-0.25, -0.2) is 4.98 Å². The van der Waals surface area contributed by atoms with E-state index < -0.39 is 0 Å². The molecule has 0 spiro atoms. The van der Waals surface area contributed by atoms with E-state index in [2.05, 4.69) is 20.4 Å². The molecule has 0 saturated carbocycles. The van der Waals surface area contributed by atoms with Gasteiger partial charge in [-0.15, -0.1) is 23.1 Å². The average molecular weight is 452 g/mol. The lowest BCUT2D eigenvalue weighted by molar-refractivity contribution is 0.102. The van der Waals surface area contributed by atoms with Gasteiger partial charge in [0.15, 0.2) is 0 Å². The number of thiophene rings is 1. The number of carbonyl (C=O) groups excluding carboxylic acids is 1. The number of carbonyl (C=O) groups is 1. The van der Waals surface area contributed by atoms with E-state index in [9.17, 15) is 9.59 Å². The zero-order chi connectivity index (χ0) is 21.8. The third kappa shape index (κ3) is 4.62. The maximum Gasteiger partial charge on any atom is 0.257 e. The van der Waals surface area contributed by atoms with E-state index in [-0.39, 0.29) is 17.4 Å². The van der Waals surface area contributed by atoms with Crippen LogP contribution in [0.3, 0.4) is 0 Å². The Labute approximate surface area is 187 Å². The minimum Gasteiger partial charge on any atom is -0.306 e. The van der Waals surface area contributed by atoms with Gasteiger partial charge in [-0.1, -0.05) is 32.0 Å². The highest BCUT2D eigenvalue weighted by Gasteiger charge is 2.18. The van der Waals surface area contributed by atoms with Crippen molar-refractivity contribution in [2.75, 3.05) is 11.1 Å². The Bertz CT molecular complexity index is 1260. The first-order valence-corrected chi connectivity index (χ1v) is 11.7. The lowest BCUT2D eigenvalue weighted by atomic mass is 10.2. The summed E-state index contributed by atoms with van der Waals surface area (Å²) < 4.78 is 1.48. The van der Waals surface area contributed by atoms with Crippen molar-refractivity contribution >= 4 is 34.8 Å². The largest absolute Gasteiger partial charge is 0.306 e. The molecule has 4 aromatic rings. The fraction of sp³-hybridized carbons (Fsp3) is 0.182. The molecule has 0 radical (unpaired) electrons. The molecule has 0 aliphatic heterocycles. The van der Waals surface area contributed by atoms with Crippen LogP contribution >= 0.6 is 23.1 Å². The number of hydrogen-bond donors (Lipinski definition) is 2. The Hall–Kier alpha value is -3.17. The molecule has 1 aromatic carbocycles. The molecule has 0 aliphatic rings. The molecule has 4 rings (SSSR count). The van der Waals surface area contributed by atoms with Gasteiger partial charge in [-0.05, 0) is 35.8 Å². The van der Waals surface area contributed by atoms with E-state index >= 15 is 0 Å². The van der Waals surface area contributed by atoms with Crippen molar-refractivity contribution in [2.45, 2.75) is 25.2 Å². The first-order chi connectivity index (χ1) is 15.1. The molecule has 158 valence electrons. The molecule has 1 amide bonds. The summed E-state index contributed by atoms with van der Waals surface area (Å²) in [5.74, 6) is 1.31. The van der Waals surface area contributed by atoms with Gasteiger partial charge < -0.3 is 5.32 Å². The monoisotopic (exact) mass is 451 g/mol. The van der Waals surface area contributed by atoms with Crippen molar-refractivity contribution in [3.63, 3.8) is 0 Å². The minimum atomic E-state index is -0.267. The Morgan fingerprint density at radius 3 is 2.77 bits per heavy atom. The van der Waals surface area contributed by atoms with Gasteiger partial charge in [-0.2, -0.15) is 9.78 Å². The topological polar surface area (TPSA) is 92.7 Å². The number of rotatable bonds is 7. The molecule has 3 aromatic heterocycles. The molecule has 2 N–H and O–H groups in total. The summed E-state index contributed by atoms with van der Waals surface area (Å²) in [7, 11) is 0. The van der Waals surface area contributed by atoms with Gasteiger partial charge >= 0.3 is 0 Å². The molecule has 3 heterocycles. The fourth-order valence-electron chi connectivity index (χ4n) is 3.07. The zero-order valence-corrected chi connectivity index (χ0v) is 18.7. The standard InChI is InChI=1S/C22H21N5O2S2/c1-3-14-12-20(28)25-22(23-14)27-19(13-16(26-27)18-10-7-11-31-18)24-21(29)15-8-5-6-9-17(15)30-4-2/h5-13H,3-4H2,1-2H3,(H,24,29)(H,23,25,28). The van der Waals surface area contributed by atoms with Gasteiger partial charge in [-0.3, -0.25) is 14.6 Å². The van der Waals surface area contributed by atoms with Crippen LogP contribution in [-0.2, 0) is 6.42 Å². The number of benzene rings is 1. The van der Waals surface area contributed by atoms with Gasteiger partial charge in [0.25, 0.3) is 11.5 Å². The first kappa shape index (κ1) is 21.1. The van der Waals surface area contributed by atoms with Crippen molar-refractivity contribution in [1.82, 2.24) is 19.7 Å². The van der Waals surface area contributed by atoms with E-state index in [1.54, 1.807) is 35.2 Å². The van der Waals surface area contributed by atoms with Gasteiger partial charge in [0, 0.05) is 22.7 Å². The number of aryl methyl sites for hydroxylation is 1. The summed E-state index contributed by atoms with van der Waals surface area (Å²) in [5.41, 5.74) is 1.65. The zero-order valence-electron chi connectivity index (χ0n) is 17.1. The van der Waals surface area contributed by atoms with Crippen LogP contribution in [0.25, 0.3) is 16.5 Å². The number of amides is 1. The highest BCUT2D eigenvalue weighted by molar-refractivity contribution is 7.99. The van der Waals surface area contributed by atoms with E-state index in [0.29, 0.717) is 29.2 Å². The smallest absolute Gasteiger partial charge is 0.257 e. The lowest BCUT2D eigenvalue weighted by Crippen LogP contribution is -2.19. The number of aromatic amines is 1. The van der Waals surface area contributed by atoms with E-state index in [0.717, 1.165) is 15.5 Å². The summed E-state index contributed by atoms with van der Waals surface area (Å²) in [4.78, 5) is 34.3. The van der Waals surface area contributed by atoms with Gasteiger partial charge in [0.1, 0.15) is 11.5 Å². The SMILES string of the molecule is CCSc1ccccc1C(=O)Nc1cc(-c2cccs2)nn1-c1nc(CC)cc(=O)[nH]1. The van der Waals surface area contributed by atoms with Crippen molar-refractivity contribution in [3.05, 3.63) is 75.5 Å². The van der Waals surface area contributed by atoms with Crippen molar-refractivity contribution in [3.8, 4) is 16.5 Å². The van der Waals surface area contributed by atoms with Crippen LogP contribution in [0.4, 0.5) is 5.82 Å². The maximum absolute atomic E-state index is 13.1. The molecule has 31 heavy (non-hydrogen) atoms. The number of thioether (sulfide) groups is 1. The van der Waals surface area contributed by atoms with Crippen LogP contribution < -0.4 is 10.9 Å². The number of aromatic nitrogens is 4. The summed E-state index contributed by atoms with van der Waals surface area (Å²) in [6, 6.07) is 14.6. The second-order valence-corrected chi connectivity index (χ2v) is 8.85. The molecule has 0 fully saturated rings. The second kappa shape index (κ2) is 9.32. The van der Waals surface area contributed by atoms with E-state index in [1.807, 2.05) is 49.6 Å². The number of nitrogens with one attached hydrogen (secondary N) is 2. The molecule has 0 unspecified atom stereocenters. The van der Waals surface area contributed by atoms with Crippen LogP contribution in [0.15, 0.2) is 63.6 Å². The number of anilines is 1. The third-order valence-electron chi connectivity index (χ3n) is 4.50. The maximum atomic E-state index is 13.1. The molecular formula is C22H21N5O2S2. The van der Waals surface area contributed by atoms with Crippen LogP contribution in [-0.4, -0.2) is 31.4 Å². The normalized spacial score (nSPS) is 10.9. The Morgan fingerprint density at radius 1 is 1.19 bits per heavy atom. The second-order valence-electron chi connectivity index (χ2n) is 6.60. The minimum absolute atomic E-state index is 0.246. The highest BCUT2D eigenvalue weighted by atomic mass is 32.2. The van der Waals surface area contributed by atoms with Crippen molar-refractivity contribution in [2.24, 2.45) is 0 Å². The predicted octanol–water partition coefficient (Wildman–Crippen LogP) is 4.61. The molecule has 0 saturated heterocycles. The van der Waals surface area contributed by atoms with Gasteiger partial charge in [0.2, 0.25) is 5.95 Å². The van der Waals surface area contributed by atoms with Gasteiger partial charge in [0.05, 0.1) is 10.4 Å². The first-order valence-electron chi connectivity index (χ1n) is 9.86.